The Labute approximate surface area is 106 Å². The third-order valence-electron chi connectivity index (χ3n) is 2.29. The molecule has 1 amide bonds. The lowest BCUT2D eigenvalue weighted by atomic mass is 10.2. The first kappa shape index (κ1) is 14.0. The summed E-state index contributed by atoms with van der Waals surface area (Å²) in [7, 11) is 1.27. The molecule has 0 aromatic heterocycles. The highest BCUT2D eigenvalue weighted by Crippen LogP contribution is 2.11. The first-order chi connectivity index (χ1) is 8.52. The number of rotatable bonds is 5. The van der Waals surface area contributed by atoms with Gasteiger partial charge < -0.3 is 14.8 Å². The van der Waals surface area contributed by atoms with Crippen molar-refractivity contribution in [2.45, 2.75) is 19.9 Å². The van der Waals surface area contributed by atoms with Crippen LogP contribution in [0.1, 0.15) is 12.5 Å². The molecular weight excluding hydrogens is 234 g/mol. The van der Waals surface area contributed by atoms with Crippen molar-refractivity contribution in [3.63, 3.8) is 0 Å². The van der Waals surface area contributed by atoms with Gasteiger partial charge in [-0.05, 0) is 31.5 Å². The van der Waals surface area contributed by atoms with Crippen molar-refractivity contribution in [2.24, 2.45) is 0 Å². The van der Waals surface area contributed by atoms with E-state index >= 15 is 0 Å². The number of hydrogen-bond donors (Lipinski definition) is 1. The van der Waals surface area contributed by atoms with E-state index in [1.54, 1.807) is 13.0 Å². The van der Waals surface area contributed by atoms with Crippen LogP contribution in [0.4, 0.5) is 0 Å². The maximum absolute atomic E-state index is 11.5. The summed E-state index contributed by atoms with van der Waals surface area (Å²) in [5.74, 6) is -0.232. The van der Waals surface area contributed by atoms with Crippen molar-refractivity contribution < 1.29 is 19.1 Å². The molecule has 0 aliphatic heterocycles. The maximum Gasteiger partial charge on any atom is 0.328 e. The van der Waals surface area contributed by atoms with Crippen molar-refractivity contribution >= 4 is 11.9 Å². The average Bonchev–Trinajstić information content (AvgIpc) is 2.35. The lowest BCUT2D eigenvalue weighted by Crippen LogP contribution is -2.41. The fourth-order valence-electron chi connectivity index (χ4n) is 1.37. The summed E-state index contributed by atoms with van der Waals surface area (Å²) in [6.45, 7) is 3.35. The van der Waals surface area contributed by atoms with Gasteiger partial charge in [0, 0.05) is 0 Å². The fraction of sp³-hybridized carbons (Fsp3) is 0.385. The SMILES string of the molecule is COC(=O)C(C)NC(=O)COc1cccc(C)c1. The molecule has 0 spiro atoms. The Bertz CT molecular complexity index is 431. The highest BCUT2D eigenvalue weighted by Gasteiger charge is 2.15. The predicted octanol–water partition coefficient (Wildman–Crippen LogP) is 1.05. The van der Waals surface area contributed by atoms with E-state index in [0.717, 1.165) is 5.56 Å². The average molecular weight is 251 g/mol. The van der Waals surface area contributed by atoms with Gasteiger partial charge in [0.15, 0.2) is 6.61 Å². The standard InChI is InChI=1S/C13H17NO4/c1-9-5-4-6-11(7-9)18-8-12(15)14-10(2)13(16)17-3/h4-7,10H,8H2,1-3H3,(H,14,15). The van der Waals surface area contributed by atoms with E-state index in [1.807, 2.05) is 25.1 Å². The lowest BCUT2D eigenvalue weighted by Gasteiger charge is -2.12. The number of aryl methyl sites for hydroxylation is 1. The van der Waals surface area contributed by atoms with Crippen LogP contribution < -0.4 is 10.1 Å². The molecule has 0 aliphatic rings. The molecule has 1 aromatic carbocycles. The van der Waals surface area contributed by atoms with E-state index in [2.05, 4.69) is 10.1 Å². The number of benzene rings is 1. The Morgan fingerprint density at radius 2 is 2.11 bits per heavy atom. The summed E-state index contributed by atoms with van der Waals surface area (Å²) in [5.41, 5.74) is 1.05. The van der Waals surface area contributed by atoms with Crippen LogP contribution in [0.3, 0.4) is 0 Å². The Hall–Kier alpha value is -2.04. The van der Waals surface area contributed by atoms with Gasteiger partial charge in [-0.15, -0.1) is 0 Å². The number of nitrogens with one attached hydrogen (secondary N) is 1. The minimum Gasteiger partial charge on any atom is -0.484 e. The number of carbonyl (C=O) groups is 2. The number of ether oxygens (including phenoxy) is 2. The summed E-state index contributed by atoms with van der Waals surface area (Å²) < 4.78 is 9.80. The summed E-state index contributed by atoms with van der Waals surface area (Å²) >= 11 is 0. The summed E-state index contributed by atoms with van der Waals surface area (Å²) in [6.07, 6.45) is 0. The number of methoxy groups -OCH3 is 1. The molecule has 0 fully saturated rings. The van der Waals surface area contributed by atoms with Crippen molar-refractivity contribution in [1.29, 1.82) is 0 Å². The Balaban J connectivity index is 2.40. The van der Waals surface area contributed by atoms with Crippen LogP contribution in [-0.2, 0) is 14.3 Å². The van der Waals surface area contributed by atoms with Gasteiger partial charge >= 0.3 is 5.97 Å². The third-order valence-corrected chi connectivity index (χ3v) is 2.29. The molecule has 5 heteroatoms. The normalized spacial score (nSPS) is 11.5. The minimum atomic E-state index is -0.677. The highest BCUT2D eigenvalue weighted by atomic mass is 16.5. The smallest absolute Gasteiger partial charge is 0.328 e. The predicted molar refractivity (Wildman–Crippen MR) is 66.3 cm³/mol. The topological polar surface area (TPSA) is 64.6 Å². The molecule has 0 saturated heterocycles. The second-order valence-corrected chi connectivity index (χ2v) is 3.92. The van der Waals surface area contributed by atoms with Gasteiger partial charge in [-0.3, -0.25) is 4.79 Å². The monoisotopic (exact) mass is 251 g/mol. The van der Waals surface area contributed by atoms with Crippen LogP contribution in [0.5, 0.6) is 5.75 Å². The van der Waals surface area contributed by atoms with Crippen molar-refractivity contribution in [3.8, 4) is 5.75 Å². The van der Waals surface area contributed by atoms with Crippen LogP contribution in [0.2, 0.25) is 0 Å². The molecule has 18 heavy (non-hydrogen) atoms. The second kappa shape index (κ2) is 6.64. The van der Waals surface area contributed by atoms with Gasteiger partial charge in [-0.1, -0.05) is 12.1 Å². The van der Waals surface area contributed by atoms with Gasteiger partial charge in [0.05, 0.1) is 7.11 Å². The zero-order chi connectivity index (χ0) is 13.5. The molecule has 1 atom stereocenters. The van der Waals surface area contributed by atoms with Gasteiger partial charge in [0.25, 0.3) is 5.91 Å². The molecule has 0 saturated carbocycles. The largest absolute Gasteiger partial charge is 0.484 e. The number of amides is 1. The van der Waals surface area contributed by atoms with Gasteiger partial charge in [0.2, 0.25) is 0 Å². The molecular formula is C13H17NO4. The summed E-state index contributed by atoms with van der Waals surface area (Å²) in [6, 6.07) is 6.70. The Kier molecular flexibility index (Phi) is 5.17. The number of hydrogen-bond acceptors (Lipinski definition) is 4. The quantitative estimate of drug-likeness (QED) is 0.794. The lowest BCUT2D eigenvalue weighted by molar-refractivity contribution is -0.144. The van der Waals surface area contributed by atoms with Crippen LogP contribution in [-0.4, -0.2) is 31.6 Å². The first-order valence-corrected chi connectivity index (χ1v) is 5.59. The van der Waals surface area contributed by atoms with Gasteiger partial charge in [-0.25, -0.2) is 4.79 Å². The molecule has 1 N–H and O–H groups in total. The number of esters is 1. The molecule has 0 aliphatic carbocycles. The van der Waals surface area contributed by atoms with Crippen molar-refractivity contribution in [1.82, 2.24) is 5.32 Å². The van der Waals surface area contributed by atoms with Crippen LogP contribution in [0.15, 0.2) is 24.3 Å². The summed E-state index contributed by atoms with van der Waals surface area (Å²) in [5, 5.41) is 2.48. The number of carbonyl (C=O) groups excluding carboxylic acids is 2. The Morgan fingerprint density at radius 3 is 2.72 bits per heavy atom. The molecule has 98 valence electrons. The molecule has 0 heterocycles. The van der Waals surface area contributed by atoms with E-state index in [-0.39, 0.29) is 12.5 Å². The van der Waals surface area contributed by atoms with Crippen LogP contribution >= 0.6 is 0 Å². The highest BCUT2D eigenvalue weighted by molar-refractivity contribution is 5.84. The van der Waals surface area contributed by atoms with Gasteiger partial charge in [-0.2, -0.15) is 0 Å². The molecule has 0 bridgehead atoms. The Morgan fingerprint density at radius 1 is 1.39 bits per heavy atom. The van der Waals surface area contributed by atoms with E-state index in [1.165, 1.54) is 7.11 Å². The second-order valence-electron chi connectivity index (χ2n) is 3.92. The molecule has 0 radical (unpaired) electrons. The molecule has 1 rings (SSSR count). The van der Waals surface area contributed by atoms with Crippen molar-refractivity contribution in [2.75, 3.05) is 13.7 Å². The van der Waals surface area contributed by atoms with Crippen LogP contribution in [0.25, 0.3) is 0 Å². The fourth-order valence-corrected chi connectivity index (χ4v) is 1.37. The van der Waals surface area contributed by atoms with E-state index in [0.29, 0.717) is 5.75 Å². The van der Waals surface area contributed by atoms with Crippen LogP contribution in [0, 0.1) is 6.92 Å². The van der Waals surface area contributed by atoms with Gasteiger partial charge in [0.1, 0.15) is 11.8 Å². The third kappa shape index (κ3) is 4.45. The summed E-state index contributed by atoms with van der Waals surface area (Å²) in [4.78, 5) is 22.6. The van der Waals surface area contributed by atoms with E-state index < -0.39 is 12.0 Å². The van der Waals surface area contributed by atoms with E-state index in [9.17, 15) is 9.59 Å². The molecule has 5 nitrogen and oxygen atoms in total. The minimum absolute atomic E-state index is 0.134. The zero-order valence-corrected chi connectivity index (χ0v) is 10.7. The zero-order valence-electron chi connectivity index (χ0n) is 10.7. The molecule has 1 aromatic rings. The first-order valence-electron chi connectivity index (χ1n) is 5.59. The van der Waals surface area contributed by atoms with E-state index in [4.69, 9.17) is 4.74 Å². The maximum atomic E-state index is 11.5. The van der Waals surface area contributed by atoms with Crippen molar-refractivity contribution in [3.05, 3.63) is 29.8 Å². The molecule has 1 unspecified atom stereocenters.